The van der Waals surface area contributed by atoms with Crippen LogP contribution in [-0.4, -0.2) is 46.0 Å². The van der Waals surface area contributed by atoms with Crippen LogP contribution in [0.3, 0.4) is 0 Å². The second-order valence-corrected chi connectivity index (χ2v) is 27.2. The summed E-state index contributed by atoms with van der Waals surface area (Å²) >= 11 is 0. The summed E-state index contributed by atoms with van der Waals surface area (Å²) in [6, 6.07) is 9.24. The van der Waals surface area contributed by atoms with E-state index in [2.05, 4.69) is 62.3 Å². The van der Waals surface area contributed by atoms with Gasteiger partial charge in [-0.3, -0.25) is 4.79 Å². The molecule has 0 saturated carbocycles. The molecule has 0 amide bonds. The maximum Gasteiger partial charge on any atom is 0.509 e. The van der Waals surface area contributed by atoms with Gasteiger partial charge in [-0.1, -0.05) is 76.2 Å². The van der Waals surface area contributed by atoms with Gasteiger partial charge in [0.05, 0.1) is 5.92 Å². The highest BCUT2D eigenvalue weighted by Crippen LogP contribution is 2.37. The predicted octanol–water partition coefficient (Wildman–Crippen LogP) is 8.12. The van der Waals surface area contributed by atoms with Crippen LogP contribution in [0, 0.1) is 5.92 Å². The van der Waals surface area contributed by atoms with Crippen molar-refractivity contribution in [2.45, 2.75) is 137 Å². The van der Waals surface area contributed by atoms with E-state index >= 15 is 0 Å². The van der Waals surface area contributed by atoms with Crippen molar-refractivity contribution in [1.82, 2.24) is 0 Å². The van der Waals surface area contributed by atoms with Gasteiger partial charge in [0.2, 0.25) is 0 Å². The van der Waals surface area contributed by atoms with Crippen LogP contribution in [-0.2, 0) is 21.9 Å². The van der Waals surface area contributed by atoms with Crippen LogP contribution < -0.4 is 0 Å². The van der Waals surface area contributed by atoms with E-state index in [1.807, 2.05) is 13.8 Å². The van der Waals surface area contributed by atoms with Gasteiger partial charge < -0.3 is 17.1 Å². The van der Waals surface area contributed by atoms with Crippen molar-refractivity contribution in [3.63, 3.8) is 0 Å². The molecular weight excluding hydrogens is 481 g/mol. The van der Waals surface area contributed by atoms with Gasteiger partial charge in [-0.05, 0) is 60.8 Å². The monoisotopic (exact) mass is 536 g/mol. The largest absolute Gasteiger partial charge is 0.509 e. The van der Waals surface area contributed by atoms with Gasteiger partial charge in [-0.25, -0.2) is 0 Å². The average Bonchev–Trinajstić information content (AvgIpc) is 2.87. The van der Waals surface area contributed by atoms with Crippen molar-refractivity contribution in [3.8, 4) is 0 Å². The summed E-state index contributed by atoms with van der Waals surface area (Å²) in [6.45, 7) is 24.2. The molecule has 0 heterocycles. The summed E-state index contributed by atoms with van der Waals surface area (Å²) in [5.41, 5.74) is 0. The fourth-order valence-electron chi connectivity index (χ4n) is 4.51. The number of hydrogen-bond donors (Lipinski definition) is 0. The van der Waals surface area contributed by atoms with Crippen molar-refractivity contribution in [3.05, 3.63) is 0 Å². The maximum atomic E-state index is 12.8. The fraction of sp³-hybridized carbons (Fsp3) is 0.958. The fourth-order valence-corrected chi connectivity index (χ4v) is 24.8. The van der Waals surface area contributed by atoms with Crippen molar-refractivity contribution in [2.24, 2.45) is 5.92 Å². The van der Waals surface area contributed by atoms with Crippen molar-refractivity contribution >= 4 is 39.7 Å². The number of ether oxygens (including phenoxy) is 1. The Morgan fingerprint density at radius 1 is 0.576 bits per heavy atom. The van der Waals surface area contributed by atoms with Gasteiger partial charge >= 0.3 is 14.8 Å². The average molecular weight is 537 g/mol. The highest BCUT2D eigenvalue weighted by molar-refractivity contribution is 6.92. The zero-order chi connectivity index (χ0) is 25.8. The van der Waals surface area contributed by atoms with Crippen LogP contribution in [0.1, 0.15) is 82.6 Å². The highest BCUT2D eigenvalue weighted by atomic mass is 28.5. The molecule has 0 spiro atoms. The second-order valence-electron chi connectivity index (χ2n) is 9.64. The first-order valence-corrected chi connectivity index (χ1v) is 23.3. The normalized spacial score (nSPS) is 14.4. The summed E-state index contributed by atoms with van der Waals surface area (Å²) in [7, 11) is -9.48. The predicted molar refractivity (Wildman–Crippen MR) is 151 cm³/mol. The van der Waals surface area contributed by atoms with Gasteiger partial charge in [0.25, 0.3) is 0 Å². The molecule has 0 rings (SSSR count). The molecule has 0 bridgehead atoms. The van der Waals surface area contributed by atoms with E-state index in [4.69, 9.17) is 17.1 Å². The van der Waals surface area contributed by atoms with E-state index in [0.717, 1.165) is 60.8 Å². The molecule has 0 radical (unpaired) electrons. The number of carbonyl (C=O) groups is 1. The molecule has 1 atom stereocenters. The number of esters is 1. The van der Waals surface area contributed by atoms with Crippen molar-refractivity contribution < 1.29 is 21.9 Å². The molecule has 0 aliphatic carbocycles. The van der Waals surface area contributed by atoms with Crippen LogP contribution in [0.4, 0.5) is 0 Å². The van der Waals surface area contributed by atoms with E-state index in [9.17, 15) is 4.79 Å². The van der Waals surface area contributed by atoms with E-state index < -0.39 is 33.8 Å². The summed E-state index contributed by atoms with van der Waals surface area (Å²) < 4.78 is 27.9. The van der Waals surface area contributed by atoms with Crippen LogP contribution >= 0.6 is 0 Å². The Bertz CT molecular complexity index is 469. The molecule has 0 fully saturated rings. The molecule has 0 aliphatic rings. The third-order valence-electron chi connectivity index (χ3n) is 8.32. The minimum absolute atomic E-state index is 0.127. The lowest BCUT2D eigenvalue weighted by molar-refractivity contribution is -0.147. The molecule has 0 aliphatic heterocycles. The molecular formula is C24H56O5Si4. The van der Waals surface area contributed by atoms with Gasteiger partial charge in [0, 0.05) is 0 Å². The van der Waals surface area contributed by atoms with Crippen LogP contribution in [0.25, 0.3) is 0 Å². The standard InChI is InChI=1S/C24H56O5Si4/c1-12-23(11)24(25)26-22-33(27-30(13-2,14-3)15-4,28-31(16-5,17-6)18-7)29-32(19-8,20-9)21-10/h23H,12-22H2,1-11H3. The van der Waals surface area contributed by atoms with E-state index in [1.54, 1.807) is 0 Å². The number of rotatable bonds is 19. The van der Waals surface area contributed by atoms with Crippen LogP contribution in [0.2, 0.25) is 54.4 Å². The molecule has 33 heavy (non-hydrogen) atoms. The van der Waals surface area contributed by atoms with Gasteiger partial charge in [-0.2, -0.15) is 0 Å². The summed E-state index contributed by atoms with van der Waals surface area (Å²) in [6.07, 6.45) is 0.942. The third-order valence-corrected chi connectivity index (χ3v) is 29.3. The minimum atomic E-state index is -3.27. The molecule has 0 aromatic heterocycles. The molecule has 1 unspecified atom stereocenters. The van der Waals surface area contributed by atoms with Gasteiger partial charge in [0.15, 0.2) is 31.2 Å². The SMILES string of the molecule is CCC(C)C(=O)OC[Si](O[Si](CC)(CC)CC)(O[Si](CC)(CC)CC)O[Si](CC)(CC)CC. The first-order valence-electron chi connectivity index (χ1n) is 13.8. The molecule has 9 heteroatoms. The molecule has 0 aromatic carbocycles. The van der Waals surface area contributed by atoms with E-state index in [1.165, 1.54) is 0 Å². The summed E-state index contributed by atoms with van der Waals surface area (Å²) in [4.78, 5) is 12.8. The second kappa shape index (κ2) is 15.4. The lowest BCUT2D eigenvalue weighted by atomic mass is 10.1. The lowest BCUT2D eigenvalue weighted by Gasteiger charge is -2.47. The Hall–Kier alpha value is 0.218. The Morgan fingerprint density at radius 2 is 0.848 bits per heavy atom. The first-order chi connectivity index (χ1) is 15.5. The van der Waals surface area contributed by atoms with Gasteiger partial charge in [-0.15, -0.1) is 0 Å². The van der Waals surface area contributed by atoms with Crippen LogP contribution in [0.5, 0.6) is 0 Å². The Balaban J connectivity index is 6.72. The number of hydrogen-bond acceptors (Lipinski definition) is 5. The molecule has 198 valence electrons. The van der Waals surface area contributed by atoms with E-state index in [0.29, 0.717) is 0 Å². The summed E-state index contributed by atoms with van der Waals surface area (Å²) in [5, 5.41) is 0. The van der Waals surface area contributed by atoms with E-state index in [-0.39, 0.29) is 18.1 Å². The van der Waals surface area contributed by atoms with Crippen LogP contribution in [0.15, 0.2) is 0 Å². The molecule has 0 aromatic rings. The summed E-state index contributed by atoms with van der Waals surface area (Å²) in [5.74, 6) is -0.284. The lowest BCUT2D eigenvalue weighted by Crippen LogP contribution is -2.67. The third kappa shape index (κ3) is 8.99. The molecule has 5 nitrogen and oxygen atoms in total. The maximum absolute atomic E-state index is 12.8. The molecule has 0 N–H and O–H groups in total. The highest BCUT2D eigenvalue weighted by Gasteiger charge is 2.56. The molecule has 0 saturated heterocycles. The first kappa shape index (κ1) is 33.2. The zero-order valence-electron chi connectivity index (χ0n) is 23.9. The quantitative estimate of drug-likeness (QED) is 0.123. The van der Waals surface area contributed by atoms with Crippen molar-refractivity contribution in [1.29, 1.82) is 0 Å². The Morgan fingerprint density at radius 3 is 1.06 bits per heavy atom. The Kier molecular flexibility index (Phi) is 15.5. The number of carbonyl (C=O) groups excluding carboxylic acids is 1. The van der Waals surface area contributed by atoms with Gasteiger partial charge in [0.1, 0.15) is 0 Å². The zero-order valence-corrected chi connectivity index (χ0v) is 27.9. The Labute approximate surface area is 210 Å². The van der Waals surface area contributed by atoms with Crippen molar-refractivity contribution in [2.75, 3.05) is 6.23 Å². The smallest absolute Gasteiger partial charge is 0.461 e. The minimum Gasteiger partial charge on any atom is -0.461 e. The topological polar surface area (TPSA) is 54.0 Å².